The molecule has 2 atom stereocenters. The molecule has 0 aromatic heterocycles. The van der Waals surface area contributed by atoms with Gasteiger partial charge in [-0.3, -0.25) is 19.7 Å². The van der Waals surface area contributed by atoms with Crippen LogP contribution in [0, 0.1) is 0 Å². The van der Waals surface area contributed by atoms with Gasteiger partial charge in [0, 0.05) is 6.42 Å². The lowest BCUT2D eigenvalue weighted by Gasteiger charge is -2.23. The molecule has 2 rings (SSSR count). The second-order valence-corrected chi connectivity index (χ2v) is 4.81. The SMILES string of the molecule is N[C@H](Cc1ccccc1)C(=O)NC1CCC(=O)NC1=O. The highest BCUT2D eigenvalue weighted by molar-refractivity contribution is 6.02. The zero-order valence-corrected chi connectivity index (χ0v) is 11.0. The normalized spacial score (nSPS) is 20.1. The summed E-state index contributed by atoms with van der Waals surface area (Å²) in [5.74, 6) is -1.17. The predicted molar refractivity (Wildman–Crippen MR) is 72.4 cm³/mol. The van der Waals surface area contributed by atoms with Gasteiger partial charge in [-0.15, -0.1) is 0 Å². The van der Waals surface area contributed by atoms with Crippen LogP contribution in [0.3, 0.4) is 0 Å². The molecule has 0 bridgehead atoms. The maximum atomic E-state index is 11.9. The lowest BCUT2D eigenvalue weighted by molar-refractivity contribution is -0.137. The van der Waals surface area contributed by atoms with Crippen LogP contribution in [0.5, 0.6) is 0 Å². The standard InChI is InChI=1S/C14H17N3O3/c15-10(8-9-4-2-1-3-5-9)13(19)16-11-6-7-12(18)17-14(11)20/h1-5,10-11H,6-8,15H2,(H,16,19)(H,17,18,20)/t10-,11?/m1/s1. The number of nitrogens with one attached hydrogen (secondary N) is 2. The minimum atomic E-state index is -0.720. The highest BCUT2D eigenvalue weighted by Gasteiger charge is 2.29. The van der Waals surface area contributed by atoms with Gasteiger partial charge in [0.25, 0.3) is 0 Å². The Bertz CT molecular complexity index is 516. The third kappa shape index (κ3) is 3.64. The number of carbonyl (C=O) groups is 3. The molecule has 20 heavy (non-hydrogen) atoms. The quantitative estimate of drug-likeness (QED) is 0.643. The van der Waals surface area contributed by atoms with E-state index in [1.165, 1.54) is 0 Å². The van der Waals surface area contributed by atoms with Gasteiger partial charge in [-0.2, -0.15) is 0 Å². The van der Waals surface area contributed by atoms with Gasteiger partial charge in [0.05, 0.1) is 6.04 Å². The molecule has 1 aliphatic heterocycles. The van der Waals surface area contributed by atoms with Crippen molar-refractivity contribution in [3.05, 3.63) is 35.9 Å². The second-order valence-electron chi connectivity index (χ2n) is 4.81. The van der Waals surface area contributed by atoms with E-state index in [0.717, 1.165) is 5.56 Å². The second kappa shape index (κ2) is 6.29. The van der Waals surface area contributed by atoms with Gasteiger partial charge in [0.1, 0.15) is 6.04 Å². The van der Waals surface area contributed by atoms with Crippen LogP contribution in [0.2, 0.25) is 0 Å². The van der Waals surface area contributed by atoms with Crippen molar-refractivity contribution in [2.24, 2.45) is 5.73 Å². The molecule has 106 valence electrons. The first-order valence-corrected chi connectivity index (χ1v) is 6.50. The van der Waals surface area contributed by atoms with Crippen molar-refractivity contribution >= 4 is 17.7 Å². The third-order valence-electron chi connectivity index (χ3n) is 3.19. The van der Waals surface area contributed by atoms with Crippen LogP contribution in [0.4, 0.5) is 0 Å². The fourth-order valence-corrected chi connectivity index (χ4v) is 2.07. The topological polar surface area (TPSA) is 101 Å². The average Bonchev–Trinajstić information content (AvgIpc) is 2.43. The Balaban J connectivity index is 1.88. The summed E-state index contributed by atoms with van der Waals surface area (Å²) >= 11 is 0. The molecular weight excluding hydrogens is 258 g/mol. The van der Waals surface area contributed by atoms with E-state index in [1.807, 2.05) is 30.3 Å². The highest BCUT2D eigenvalue weighted by Crippen LogP contribution is 2.06. The number of imide groups is 1. The summed E-state index contributed by atoms with van der Waals surface area (Å²) in [4.78, 5) is 34.5. The molecule has 1 aliphatic rings. The number of piperidine rings is 1. The lowest BCUT2D eigenvalue weighted by atomic mass is 10.0. The van der Waals surface area contributed by atoms with Gasteiger partial charge >= 0.3 is 0 Å². The molecule has 1 aromatic rings. The van der Waals surface area contributed by atoms with Crippen molar-refractivity contribution in [2.75, 3.05) is 0 Å². The molecule has 4 N–H and O–H groups in total. The Morgan fingerprint density at radius 1 is 1.35 bits per heavy atom. The van der Waals surface area contributed by atoms with E-state index in [1.54, 1.807) is 0 Å². The van der Waals surface area contributed by atoms with Crippen molar-refractivity contribution in [3.8, 4) is 0 Å². The van der Waals surface area contributed by atoms with Gasteiger partial charge in [-0.05, 0) is 18.4 Å². The van der Waals surface area contributed by atoms with Gasteiger partial charge in [0.2, 0.25) is 17.7 Å². The molecular formula is C14H17N3O3. The number of amides is 3. The van der Waals surface area contributed by atoms with Crippen molar-refractivity contribution in [3.63, 3.8) is 0 Å². The largest absolute Gasteiger partial charge is 0.343 e. The minimum Gasteiger partial charge on any atom is -0.343 e. The molecule has 1 aromatic carbocycles. The average molecular weight is 275 g/mol. The smallest absolute Gasteiger partial charge is 0.249 e. The van der Waals surface area contributed by atoms with Crippen molar-refractivity contribution in [1.29, 1.82) is 0 Å². The molecule has 0 radical (unpaired) electrons. The molecule has 0 aliphatic carbocycles. The van der Waals surface area contributed by atoms with E-state index in [0.29, 0.717) is 12.8 Å². The van der Waals surface area contributed by atoms with E-state index in [2.05, 4.69) is 10.6 Å². The number of carbonyl (C=O) groups excluding carboxylic acids is 3. The molecule has 6 heteroatoms. The number of benzene rings is 1. The summed E-state index contributed by atoms with van der Waals surface area (Å²) in [6.45, 7) is 0. The Labute approximate surface area is 116 Å². The van der Waals surface area contributed by atoms with Crippen LogP contribution in [-0.2, 0) is 20.8 Å². The Morgan fingerprint density at radius 2 is 2.05 bits per heavy atom. The van der Waals surface area contributed by atoms with Crippen LogP contribution in [0.25, 0.3) is 0 Å². The minimum absolute atomic E-state index is 0.227. The molecule has 1 unspecified atom stereocenters. The van der Waals surface area contributed by atoms with Crippen molar-refractivity contribution in [1.82, 2.24) is 10.6 Å². The number of nitrogens with two attached hydrogens (primary N) is 1. The molecule has 0 saturated carbocycles. The molecule has 1 fully saturated rings. The summed E-state index contributed by atoms with van der Waals surface area (Å²) in [6.07, 6.45) is 0.943. The number of hydrogen-bond donors (Lipinski definition) is 3. The Morgan fingerprint density at radius 3 is 2.70 bits per heavy atom. The maximum absolute atomic E-state index is 11.9. The third-order valence-corrected chi connectivity index (χ3v) is 3.19. The van der Waals surface area contributed by atoms with Gasteiger partial charge < -0.3 is 11.1 Å². The van der Waals surface area contributed by atoms with Crippen LogP contribution < -0.4 is 16.4 Å². The zero-order valence-electron chi connectivity index (χ0n) is 11.0. The van der Waals surface area contributed by atoms with Crippen LogP contribution in [0.15, 0.2) is 30.3 Å². The molecule has 1 heterocycles. The van der Waals surface area contributed by atoms with Crippen molar-refractivity contribution < 1.29 is 14.4 Å². The van der Waals surface area contributed by atoms with E-state index < -0.39 is 18.0 Å². The maximum Gasteiger partial charge on any atom is 0.249 e. The molecule has 0 spiro atoms. The van der Waals surface area contributed by atoms with Gasteiger partial charge in [-0.1, -0.05) is 30.3 Å². The van der Waals surface area contributed by atoms with Gasteiger partial charge in [-0.25, -0.2) is 0 Å². The first-order chi connectivity index (χ1) is 9.56. The van der Waals surface area contributed by atoms with E-state index in [-0.39, 0.29) is 18.2 Å². The first-order valence-electron chi connectivity index (χ1n) is 6.50. The zero-order chi connectivity index (χ0) is 14.5. The van der Waals surface area contributed by atoms with E-state index in [4.69, 9.17) is 5.73 Å². The molecule has 6 nitrogen and oxygen atoms in total. The van der Waals surface area contributed by atoms with Crippen molar-refractivity contribution in [2.45, 2.75) is 31.3 Å². The summed E-state index contributed by atoms with van der Waals surface area (Å²) in [5, 5.41) is 4.77. The van der Waals surface area contributed by atoms with E-state index >= 15 is 0 Å². The molecule has 3 amide bonds. The number of rotatable bonds is 4. The summed E-state index contributed by atoms with van der Waals surface area (Å²) in [6, 6.07) is 8.02. The summed E-state index contributed by atoms with van der Waals surface area (Å²) < 4.78 is 0. The highest BCUT2D eigenvalue weighted by atomic mass is 16.2. The Hall–Kier alpha value is -2.21. The fourth-order valence-electron chi connectivity index (χ4n) is 2.07. The fraction of sp³-hybridized carbons (Fsp3) is 0.357. The van der Waals surface area contributed by atoms with Crippen LogP contribution in [-0.4, -0.2) is 29.8 Å². The summed E-state index contributed by atoms with van der Waals surface area (Å²) in [5.41, 5.74) is 6.79. The monoisotopic (exact) mass is 275 g/mol. The lowest BCUT2D eigenvalue weighted by Crippen LogP contribution is -2.55. The Kier molecular flexibility index (Phi) is 4.47. The summed E-state index contributed by atoms with van der Waals surface area (Å²) in [7, 11) is 0. The predicted octanol–water partition coefficient (Wildman–Crippen LogP) is -0.522. The van der Waals surface area contributed by atoms with Crippen LogP contribution in [0.1, 0.15) is 18.4 Å². The van der Waals surface area contributed by atoms with Gasteiger partial charge in [0.15, 0.2) is 0 Å². The van der Waals surface area contributed by atoms with E-state index in [9.17, 15) is 14.4 Å². The molecule has 1 saturated heterocycles. The van der Waals surface area contributed by atoms with Crippen LogP contribution >= 0.6 is 0 Å². The number of hydrogen-bond acceptors (Lipinski definition) is 4. The first kappa shape index (κ1) is 14.2.